The Morgan fingerprint density at radius 1 is 1.09 bits per heavy atom. The molecule has 0 saturated heterocycles. The Labute approximate surface area is 198 Å². The van der Waals surface area contributed by atoms with Crippen LogP contribution in [0.2, 0.25) is 0 Å². The highest BCUT2D eigenvalue weighted by molar-refractivity contribution is 5.96. The number of aryl methyl sites for hydroxylation is 1. The maximum Gasteiger partial charge on any atom is 0.331 e. The molecule has 0 spiro atoms. The van der Waals surface area contributed by atoms with E-state index in [9.17, 15) is 9.59 Å². The molecule has 34 heavy (non-hydrogen) atoms. The van der Waals surface area contributed by atoms with Gasteiger partial charge in [0.05, 0.1) is 26.4 Å². The first-order valence-corrected chi connectivity index (χ1v) is 11.1. The van der Waals surface area contributed by atoms with E-state index in [2.05, 4.69) is 9.55 Å². The van der Waals surface area contributed by atoms with E-state index >= 15 is 0 Å². The third-order valence-corrected chi connectivity index (χ3v) is 5.80. The number of methoxy groups -OCH3 is 1. The Kier molecular flexibility index (Phi) is 7.22. The molecule has 4 rings (SSSR count). The molecule has 4 aromatic rings. The zero-order chi connectivity index (χ0) is 23.9. The van der Waals surface area contributed by atoms with Crippen LogP contribution < -0.4 is 0 Å². The molecule has 2 aromatic carbocycles. The predicted molar refractivity (Wildman–Crippen MR) is 130 cm³/mol. The lowest BCUT2D eigenvalue weighted by Gasteiger charge is -2.08. The van der Waals surface area contributed by atoms with Crippen molar-refractivity contribution in [2.75, 3.05) is 7.11 Å². The average Bonchev–Trinajstić information content (AvgIpc) is 3.47. The SMILES string of the molecule is COC(=O)CCn1c(C)c(Cn2ccnc2)c2c(/C=C/C(=O)OCc3ccccc3)cccc21. The van der Waals surface area contributed by atoms with E-state index in [1.165, 1.54) is 13.2 Å². The van der Waals surface area contributed by atoms with Gasteiger partial charge in [0, 0.05) is 47.2 Å². The Hall–Kier alpha value is -4.13. The number of benzene rings is 2. The number of aromatic nitrogens is 3. The number of nitrogens with zero attached hydrogens (tertiary/aromatic N) is 3. The van der Waals surface area contributed by atoms with Gasteiger partial charge in [-0.3, -0.25) is 4.79 Å². The summed E-state index contributed by atoms with van der Waals surface area (Å²) in [4.78, 5) is 28.3. The maximum absolute atomic E-state index is 12.4. The van der Waals surface area contributed by atoms with E-state index in [0.29, 0.717) is 13.1 Å². The molecule has 2 heterocycles. The molecule has 0 bridgehead atoms. The van der Waals surface area contributed by atoms with Crippen molar-refractivity contribution in [3.05, 3.63) is 95.7 Å². The lowest BCUT2D eigenvalue weighted by molar-refractivity contribution is -0.141. The second-order valence-corrected chi connectivity index (χ2v) is 7.94. The van der Waals surface area contributed by atoms with Crippen molar-refractivity contribution >= 4 is 28.9 Å². The van der Waals surface area contributed by atoms with E-state index in [1.807, 2.05) is 66.2 Å². The summed E-state index contributed by atoms with van der Waals surface area (Å²) in [5, 5.41) is 1.03. The molecule has 0 saturated carbocycles. The molecule has 0 aliphatic rings. The smallest absolute Gasteiger partial charge is 0.331 e. The van der Waals surface area contributed by atoms with Crippen LogP contribution in [0.25, 0.3) is 17.0 Å². The summed E-state index contributed by atoms with van der Waals surface area (Å²) < 4.78 is 14.4. The van der Waals surface area contributed by atoms with Crippen molar-refractivity contribution in [1.82, 2.24) is 14.1 Å². The highest BCUT2D eigenvalue weighted by Gasteiger charge is 2.17. The first kappa shape index (κ1) is 23.0. The first-order valence-electron chi connectivity index (χ1n) is 11.1. The van der Waals surface area contributed by atoms with Gasteiger partial charge in [0.15, 0.2) is 0 Å². The van der Waals surface area contributed by atoms with Crippen LogP contribution in [-0.4, -0.2) is 33.2 Å². The van der Waals surface area contributed by atoms with Crippen LogP contribution in [0.5, 0.6) is 0 Å². The van der Waals surface area contributed by atoms with Gasteiger partial charge in [-0.15, -0.1) is 0 Å². The van der Waals surface area contributed by atoms with Gasteiger partial charge in [-0.05, 0) is 30.2 Å². The lowest BCUT2D eigenvalue weighted by Crippen LogP contribution is -2.08. The minimum Gasteiger partial charge on any atom is -0.469 e. The molecule has 7 heteroatoms. The number of carbonyl (C=O) groups excluding carboxylic acids is 2. The van der Waals surface area contributed by atoms with Gasteiger partial charge < -0.3 is 18.6 Å². The van der Waals surface area contributed by atoms with Crippen LogP contribution in [0.4, 0.5) is 0 Å². The summed E-state index contributed by atoms with van der Waals surface area (Å²) in [6.07, 6.45) is 8.96. The Morgan fingerprint density at radius 2 is 1.91 bits per heavy atom. The summed E-state index contributed by atoms with van der Waals surface area (Å²) in [5.41, 5.74) is 5.00. The van der Waals surface area contributed by atoms with Crippen molar-refractivity contribution in [3.8, 4) is 0 Å². The van der Waals surface area contributed by atoms with E-state index in [1.54, 1.807) is 18.6 Å². The van der Waals surface area contributed by atoms with E-state index in [4.69, 9.17) is 9.47 Å². The first-order chi connectivity index (χ1) is 16.6. The highest BCUT2D eigenvalue weighted by Crippen LogP contribution is 2.31. The second kappa shape index (κ2) is 10.7. The van der Waals surface area contributed by atoms with Gasteiger partial charge in [0.25, 0.3) is 0 Å². The Balaban J connectivity index is 1.65. The number of rotatable bonds is 9. The molecule has 0 aliphatic heterocycles. The molecule has 0 unspecified atom stereocenters. The molecule has 0 radical (unpaired) electrons. The normalized spacial score (nSPS) is 11.2. The van der Waals surface area contributed by atoms with Gasteiger partial charge in [0.2, 0.25) is 0 Å². The molecule has 174 valence electrons. The molecule has 0 atom stereocenters. The van der Waals surface area contributed by atoms with Gasteiger partial charge in [-0.25, -0.2) is 9.78 Å². The van der Waals surface area contributed by atoms with Gasteiger partial charge in [0.1, 0.15) is 6.61 Å². The Morgan fingerprint density at radius 3 is 2.65 bits per heavy atom. The van der Waals surface area contributed by atoms with Gasteiger partial charge in [-0.1, -0.05) is 42.5 Å². The summed E-state index contributed by atoms with van der Waals surface area (Å²) in [5.74, 6) is -0.659. The predicted octanol–water partition coefficient (Wildman–Crippen LogP) is 4.51. The van der Waals surface area contributed by atoms with Crippen molar-refractivity contribution in [3.63, 3.8) is 0 Å². The standard InChI is InChI=1S/C27H27N3O4/c1-20-23(17-29-16-14-28-19-29)27-22(9-6-10-24(27)30(20)15-13-25(31)33-2)11-12-26(32)34-18-21-7-4-3-5-8-21/h3-12,14,16,19H,13,15,17-18H2,1-2H3/b12-11+. The van der Waals surface area contributed by atoms with E-state index in [-0.39, 0.29) is 19.0 Å². The van der Waals surface area contributed by atoms with Gasteiger partial charge >= 0.3 is 11.9 Å². The number of ether oxygens (including phenoxy) is 2. The van der Waals surface area contributed by atoms with E-state index < -0.39 is 5.97 Å². The fraction of sp³-hybridized carbons (Fsp3) is 0.222. The van der Waals surface area contributed by atoms with Crippen LogP contribution in [-0.2, 0) is 38.8 Å². The monoisotopic (exact) mass is 457 g/mol. The van der Waals surface area contributed by atoms with Gasteiger partial charge in [-0.2, -0.15) is 0 Å². The molecule has 0 amide bonds. The number of esters is 2. The molecule has 0 N–H and O–H groups in total. The van der Waals surface area contributed by atoms with Crippen molar-refractivity contribution < 1.29 is 19.1 Å². The molecule has 0 aliphatic carbocycles. The minimum absolute atomic E-state index is 0.225. The van der Waals surface area contributed by atoms with Crippen LogP contribution in [0, 0.1) is 6.92 Å². The number of hydrogen-bond acceptors (Lipinski definition) is 5. The minimum atomic E-state index is -0.404. The third kappa shape index (κ3) is 5.26. The second-order valence-electron chi connectivity index (χ2n) is 7.94. The summed E-state index contributed by atoms with van der Waals surface area (Å²) in [6.45, 7) is 3.40. The summed E-state index contributed by atoms with van der Waals surface area (Å²) in [6, 6.07) is 15.5. The van der Waals surface area contributed by atoms with Crippen molar-refractivity contribution in [1.29, 1.82) is 0 Å². The fourth-order valence-electron chi connectivity index (χ4n) is 4.06. The molecule has 0 fully saturated rings. The largest absolute Gasteiger partial charge is 0.469 e. The molecular formula is C27H27N3O4. The van der Waals surface area contributed by atoms with Crippen LogP contribution in [0.1, 0.15) is 28.8 Å². The number of hydrogen-bond donors (Lipinski definition) is 0. The quantitative estimate of drug-likeness (QED) is 0.273. The fourth-order valence-corrected chi connectivity index (χ4v) is 4.06. The molecular weight excluding hydrogens is 430 g/mol. The van der Waals surface area contributed by atoms with E-state index in [0.717, 1.165) is 33.3 Å². The zero-order valence-corrected chi connectivity index (χ0v) is 19.3. The van der Waals surface area contributed by atoms with Crippen molar-refractivity contribution in [2.24, 2.45) is 0 Å². The van der Waals surface area contributed by atoms with Crippen LogP contribution in [0.3, 0.4) is 0 Å². The number of imidazole rings is 1. The van der Waals surface area contributed by atoms with Crippen LogP contribution in [0.15, 0.2) is 73.3 Å². The Bertz CT molecular complexity index is 1300. The maximum atomic E-state index is 12.4. The molecule has 2 aromatic heterocycles. The van der Waals surface area contributed by atoms with Crippen molar-refractivity contribution in [2.45, 2.75) is 33.0 Å². The van der Waals surface area contributed by atoms with Crippen LogP contribution >= 0.6 is 0 Å². The summed E-state index contributed by atoms with van der Waals surface area (Å²) in [7, 11) is 1.40. The average molecular weight is 458 g/mol. The third-order valence-electron chi connectivity index (χ3n) is 5.80. The zero-order valence-electron chi connectivity index (χ0n) is 19.3. The topological polar surface area (TPSA) is 75.4 Å². The number of carbonyl (C=O) groups is 2. The molecule has 7 nitrogen and oxygen atoms in total. The summed E-state index contributed by atoms with van der Waals surface area (Å²) >= 11 is 0. The number of fused-ring (bicyclic) bond motifs is 1. The lowest BCUT2D eigenvalue weighted by atomic mass is 10.0. The highest BCUT2D eigenvalue weighted by atomic mass is 16.5.